The lowest BCUT2D eigenvalue weighted by Gasteiger charge is -2.23. The van der Waals surface area contributed by atoms with Crippen LogP contribution in [0.4, 0.5) is 0 Å². The van der Waals surface area contributed by atoms with Gasteiger partial charge in [-0.05, 0) is 57.8 Å². The summed E-state index contributed by atoms with van der Waals surface area (Å²) >= 11 is 0. The van der Waals surface area contributed by atoms with Crippen molar-refractivity contribution in [3.8, 4) is 22.4 Å². The van der Waals surface area contributed by atoms with Crippen LogP contribution in [0.3, 0.4) is 0 Å². The number of rotatable bonds is 5. The summed E-state index contributed by atoms with van der Waals surface area (Å²) in [5.74, 6) is 0.837. The zero-order valence-corrected chi connectivity index (χ0v) is 26.1. The molecule has 0 radical (unpaired) electrons. The molecule has 2 aromatic heterocycles. The molecule has 3 heterocycles. The minimum absolute atomic E-state index is 0.234. The highest BCUT2D eigenvalue weighted by atomic mass is 15.1. The van der Waals surface area contributed by atoms with Crippen molar-refractivity contribution in [2.24, 2.45) is 4.99 Å². The number of fused-ring (bicyclic) bond motifs is 3. The monoisotopic (exact) mass is 614 g/mol. The summed E-state index contributed by atoms with van der Waals surface area (Å²) in [7, 11) is 0. The van der Waals surface area contributed by atoms with Gasteiger partial charge in [-0.3, -0.25) is 9.98 Å². The van der Waals surface area contributed by atoms with Crippen molar-refractivity contribution in [1.82, 2.24) is 15.3 Å². The van der Waals surface area contributed by atoms with Gasteiger partial charge >= 0.3 is 0 Å². The van der Waals surface area contributed by atoms with Crippen LogP contribution in [-0.4, -0.2) is 15.8 Å². The maximum atomic E-state index is 5.19. The molecule has 1 atom stereocenters. The van der Waals surface area contributed by atoms with E-state index < -0.39 is 0 Å². The fourth-order valence-corrected chi connectivity index (χ4v) is 6.59. The summed E-state index contributed by atoms with van der Waals surface area (Å²) in [5, 5.41) is 8.20. The van der Waals surface area contributed by atoms with E-state index in [1.807, 2.05) is 24.3 Å². The normalized spacial score (nSPS) is 14.5. The lowest BCUT2D eigenvalue weighted by Crippen LogP contribution is -2.27. The van der Waals surface area contributed by atoms with Gasteiger partial charge < -0.3 is 5.32 Å². The van der Waals surface area contributed by atoms with Gasteiger partial charge in [-0.25, -0.2) is 4.98 Å². The standard InChI is InChI=1S/C44H30N4/c1-3-11-30(12-4-1)42-28-43(48-44(47-42)33-13-5-2-6-14-33)39-25-23-32-19-21-35(27-41(32)46-39)34-20-18-31-22-24-38(45-40(31)26-34)37-17-9-15-29-10-7-8-16-36(29)37/h1-28,43H,(H,47,48). The van der Waals surface area contributed by atoms with Crippen molar-refractivity contribution < 1.29 is 0 Å². The van der Waals surface area contributed by atoms with E-state index in [1.54, 1.807) is 0 Å². The molecule has 0 saturated carbocycles. The van der Waals surface area contributed by atoms with Crippen molar-refractivity contribution in [3.05, 3.63) is 187 Å². The van der Waals surface area contributed by atoms with Crippen LogP contribution in [0.5, 0.6) is 0 Å². The number of hydrogen-bond donors (Lipinski definition) is 1. The maximum absolute atomic E-state index is 5.19. The van der Waals surface area contributed by atoms with E-state index in [9.17, 15) is 0 Å². The third-order valence-electron chi connectivity index (χ3n) is 9.09. The molecule has 1 aliphatic rings. The van der Waals surface area contributed by atoms with Crippen LogP contribution in [-0.2, 0) is 0 Å². The van der Waals surface area contributed by atoms with Gasteiger partial charge in [0, 0.05) is 27.6 Å². The molecule has 0 spiro atoms. The fraction of sp³-hybridized carbons (Fsp3) is 0.0227. The smallest absolute Gasteiger partial charge is 0.133 e. The lowest BCUT2D eigenvalue weighted by molar-refractivity contribution is 0.846. The van der Waals surface area contributed by atoms with Crippen LogP contribution in [0, 0.1) is 0 Å². The molecule has 1 unspecified atom stereocenters. The topological polar surface area (TPSA) is 50.2 Å². The second-order valence-electron chi connectivity index (χ2n) is 12.1. The number of aromatic nitrogens is 2. The summed E-state index contributed by atoms with van der Waals surface area (Å²) < 4.78 is 0. The SMILES string of the molecule is C1=C(c2ccccc2)NC(c2ccccc2)=NC1c1ccc2ccc(-c3ccc4ccc(-c5cccc6ccccc56)nc4c3)cc2n1. The average Bonchev–Trinajstić information content (AvgIpc) is 3.17. The highest BCUT2D eigenvalue weighted by molar-refractivity contribution is 6.05. The van der Waals surface area contributed by atoms with Gasteiger partial charge in [0.1, 0.15) is 11.9 Å². The Kier molecular flexibility index (Phi) is 6.83. The van der Waals surface area contributed by atoms with E-state index in [2.05, 4.69) is 151 Å². The predicted octanol–water partition coefficient (Wildman–Crippen LogP) is 10.4. The van der Waals surface area contributed by atoms with Crippen LogP contribution in [0.1, 0.15) is 22.9 Å². The zero-order chi connectivity index (χ0) is 31.9. The van der Waals surface area contributed by atoms with Gasteiger partial charge in [-0.1, -0.05) is 140 Å². The van der Waals surface area contributed by atoms with Gasteiger partial charge in [0.05, 0.1) is 22.4 Å². The Morgan fingerprint density at radius 2 is 1.08 bits per heavy atom. The Labute approximate surface area is 278 Å². The van der Waals surface area contributed by atoms with Crippen molar-refractivity contribution in [2.75, 3.05) is 0 Å². The summed E-state index contributed by atoms with van der Waals surface area (Å²) in [6.45, 7) is 0. The molecular weight excluding hydrogens is 585 g/mol. The molecule has 6 aromatic carbocycles. The number of nitrogens with zero attached hydrogens (tertiary/aromatic N) is 3. The highest BCUT2D eigenvalue weighted by Gasteiger charge is 2.20. The molecule has 8 aromatic rings. The molecule has 0 amide bonds. The van der Waals surface area contributed by atoms with Crippen molar-refractivity contribution in [1.29, 1.82) is 0 Å². The molecule has 1 N–H and O–H groups in total. The van der Waals surface area contributed by atoms with Crippen molar-refractivity contribution in [2.45, 2.75) is 6.04 Å². The third-order valence-corrected chi connectivity index (χ3v) is 9.09. The Morgan fingerprint density at radius 3 is 1.85 bits per heavy atom. The number of nitrogens with one attached hydrogen (secondary N) is 1. The van der Waals surface area contributed by atoms with Crippen LogP contribution in [0.15, 0.2) is 175 Å². The zero-order valence-electron chi connectivity index (χ0n) is 26.1. The molecule has 9 rings (SSSR count). The van der Waals surface area contributed by atoms with Gasteiger partial charge in [-0.15, -0.1) is 0 Å². The molecule has 226 valence electrons. The number of aliphatic imine (C=N–C) groups is 1. The second kappa shape index (κ2) is 11.8. The van der Waals surface area contributed by atoms with E-state index >= 15 is 0 Å². The minimum Gasteiger partial charge on any atom is -0.340 e. The maximum Gasteiger partial charge on any atom is 0.133 e. The van der Waals surface area contributed by atoms with E-state index in [0.717, 1.165) is 72.5 Å². The van der Waals surface area contributed by atoms with E-state index in [0.29, 0.717) is 0 Å². The molecule has 48 heavy (non-hydrogen) atoms. The van der Waals surface area contributed by atoms with Crippen LogP contribution < -0.4 is 5.32 Å². The Hall–Kier alpha value is -6.39. The molecule has 0 aliphatic carbocycles. The predicted molar refractivity (Wildman–Crippen MR) is 199 cm³/mol. The first-order chi connectivity index (χ1) is 23.7. The number of benzene rings is 6. The third kappa shape index (κ3) is 5.20. The highest BCUT2D eigenvalue weighted by Crippen LogP contribution is 2.33. The summed E-state index contributed by atoms with van der Waals surface area (Å²) in [4.78, 5) is 15.5. The number of pyridine rings is 2. The fourth-order valence-electron chi connectivity index (χ4n) is 6.59. The van der Waals surface area contributed by atoms with Crippen LogP contribution >= 0.6 is 0 Å². The largest absolute Gasteiger partial charge is 0.340 e. The number of amidine groups is 1. The Bertz CT molecular complexity index is 2470. The van der Waals surface area contributed by atoms with Gasteiger partial charge in [0.2, 0.25) is 0 Å². The van der Waals surface area contributed by atoms with E-state index in [4.69, 9.17) is 15.0 Å². The first-order valence-electron chi connectivity index (χ1n) is 16.2. The van der Waals surface area contributed by atoms with Crippen LogP contribution in [0.2, 0.25) is 0 Å². The van der Waals surface area contributed by atoms with Gasteiger partial charge in [0.25, 0.3) is 0 Å². The minimum atomic E-state index is -0.234. The first kappa shape index (κ1) is 27.9. The molecule has 4 heteroatoms. The molecule has 1 aliphatic heterocycles. The molecule has 0 fully saturated rings. The second-order valence-corrected chi connectivity index (χ2v) is 12.1. The molecule has 0 saturated heterocycles. The molecule has 0 bridgehead atoms. The quantitative estimate of drug-likeness (QED) is 0.210. The van der Waals surface area contributed by atoms with Crippen molar-refractivity contribution >= 4 is 44.1 Å². The lowest BCUT2D eigenvalue weighted by atomic mass is 9.99. The van der Waals surface area contributed by atoms with Gasteiger partial charge in [-0.2, -0.15) is 0 Å². The summed E-state index contributed by atoms with van der Waals surface area (Å²) in [6, 6.07) is 56.9. The summed E-state index contributed by atoms with van der Waals surface area (Å²) in [5.41, 5.74) is 10.3. The molecular formula is C44H30N4. The summed E-state index contributed by atoms with van der Waals surface area (Å²) in [6.07, 6.45) is 2.17. The van der Waals surface area contributed by atoms with Gasteiger partial charge in [0.15, 0.2) is 0 Å². The van der Waals surface area contributed by atoms with Crippen LogP contribution in [0.25, 0.3) is 60.7 Å². The Morgan fingerprint density at radius 1 is 0.458 bits per heavy atom. The van der Waals surface area contributed by atoms with E-state index in [-0.39, 0.29) is 6.04 Å². The van der Waals surface area contributed by atoms with Crippen molar-refractivity contribution in [3.63, 3.8) is 0 Å². The molecule has 4 nitrogen and oxygen atoms in total. The first-order valence-corrected chi connectivity index (χ1v) is 16.2. The Balaban J connectivity index is 1.10. The number of hydrogen-bond acceptors (Lipinski definition) is 4. The van der Waals surface area contributed by atoms with E-state index in [1.165, 1.54) is 10.8 Å². The average molecular weight is 615 g/mol.